The monoisotopic (exact) mass is 346 g/mol. The van der Waals surface area contributed by atoms with Crippen molar-refractivity contribution in [3.05, 3.63) is 29.8 Å². The fourth-order valence-electron chi connectivity index (χ4n) is 1.68. The molecule has 0 spiro atoms. The summed E-state index contributed by atoms with van der Waals surface area (Å²) >= 11 is 3.27. The highest BCUT2D eigenvalue weighted by molar-refractivity contribution is 9.08. The van der Waals surface area contributed by atoms with Crippen molar-refractivity contribution in [1.29, 1.82) is 0 Å². The van der Waals surface area contributed by atoms with Gasteiger partial charge in [0.1, 0.15) is 0 Å². The molecule has 19 heavy (non-hydrogen) atoms. The molecule has 0 unspecified atom stereocenters. The van der Waals surface area contributed by atoms with Crippen molar-refractivity contribution in [3.63, 3.8) is 0 Å². The quantitative estimate of drug-likeness (QED) is 0.627. The van der Waals surface area contributed by atoms with Crippen molar-refractivity contribution in [1.82, 2.24) is 9.62 Å². The van der Waals surface area contributed by atoms with Gasteiger partial charge in [0.25, 0.3) is 0 Å². The van der Waals surface area contributed by atoms with Gasteiger partial charge in [-0.05, 0) is 17.7 Å². The maximum Gasteiger partial charge on any atom is 0.244 e. The lowest BCUT2D eigenvalue weighted by Gasteiger charge is -2.24. The molecule has 1 heterocycles. The summed E-state index contributed by atoms with van der Waals surface area (Å²) in [5, 5.41) is 2.68. The molecule has 8 heteroatoms. The summed E-state index contributed by atoms with van der Waals surface area (Å²) in [6.07, 6.45) is 0. The van der Waals surface area contributed by atoms with Gasteiger partial charge < -0.3 is 0 Å². The van der Waals surface area contributed by atoms with Gasteiger partial charge in [0.2, 0.25) is 21.8 Å². The van der Waals surface area contributed by atoms with Crippen molar-refractivity contribution < 1.29 is 18.0 Å². The van der Waals surface area contributed by atoms with E-state index in [9.17, 15) is 18.0 Å². The number of hydrogen-bond acceptors (Lipinski definition) is 4. The van der Waals surface area contributed by atoms with Crippen LogP contribution in [0.4, 0.5) is 0 Å². The number of amides is 2. The number of benzene rings is 1. The molecule has 2 rings (SSSR count). The largest absolute Gasteiger partial charge is 0.294 e. The second kappa shape index (κ2) is 5.40. The number of rotatable bonds is 3. The minimum absolute atomic E-state index is 0.0692. The number of carbonyl (C=O) groups excluding carboxylic acids is 2. The Kier molecular flexibility index (Phi) is 4.02. The van der Waals surface area contributed by atoms with Crippen molar-refractivity contribution in [3.8, 4) is 0 Å². The van der Waals surface area contributed by atoms with Crippen molar-refractivity contribution in [2.75, 3.05) is 13.1 Å². The van der Waals surface area contributed by atoms with E-state index in [1.54, 1.807) is 12.1 Å². The lowest BCUT2D eigenvalue weighted by atomic mass is 10.2. The Morgan fingerprint density at radius 1 is 1.11 bits per heavy atom. The zero-order valence-corrected chi connectivity index (χ0v) is 12.2. The molecular weight excluding hydrogens is 336 g/mol. The van der Waals surface area contributed by atoms with Gasteiger partial charge in [-0.15, -0.1) is 0 Å². The highest BCUT2D eigenvalue weighted by Gasteiger charge is 2.32. The molecule has 0 aromatic heterocycles. The summed E-state index contributed by atoms with van der Waals surface area (Å²) in [5.41, 5.74) is 0.936. The number of piperazine rings is 1. The van der Waals surface area contributed by atoms with E-state index < -0.39 is 21.8 Å². The average molecular weight is 347 g/mol. The van der Waals surface area contributed by atoms with Crippen LogP contribution >= 0.6 is 15.9 Å². The third-order valence-electron chi connectivity index (χ3n) is 2.63. The molecule has 2 amide bonds. The lowest BCUT2D eigenvalue weighted by Crippen LogP contribution is -2.53. The fourth-order valence-corrected chi connectivity index (χ4v) is 3.41. The molecule has 1 aromatic rings. The molecule has 1 aliphatic heterocycles. The first kappa shape index (κ1) is 14.2. The maximum atomic E-state index is 12.3. The van der Waals surface area contributed by atoms with Gasteiger partial charge in [-0.25, -0.2) is 8.42 Å². The third-order valence-corrected chi connectivity index (χ3v) is 5.09. The number of nitrogens with one attached hydrogen (secondary N) is 1. The van der Waals surface area contributed by atoms with Crippen molar-refractivity contribution >= 4 is 37.8 Å². The molecule has 0 aliphatic carbocycles. The lowest BCUT2D eigenvalue weighted by molar-refractivity contribution is -0.134. The van der Waals surface area contributed by atoms with E-state index in [0.717, 1.165) is 9.87 Å². The topological polar surface area (TPSA) is 83.6 Å². The maximum absolute atomic E-state index is 12.3. The summed E-state index contributed by atoms with van der Waals surface area (Å²) in [7, 11) is -3.82. The second-order valence-corrected chi connectivity index (χ2v) is 6.52. The summed E-state index contributed by atoms with van der Waals surface area (Å²) in [6, 6.07) is 6.27. The number of imide groups is 1. The molecule has 0 atom stereocenters. The molecule has 1 aromatic carbocycles. The van der Waals surface area contributed by atoms with Crippen molar-refractivity contribution in [2.24, 2.45) is 0 Å². The fraction of sp³-hybridized carbons (Fsp3) is 0.273. The normalized spacial score (nSPS) is 17.3. The minimum atomic E-state index is -3.82. The number of halogens is 1. The van der Waals surface area contributed by atoms with Gasteiger partial charge in [-0.2, -0.15) is 4.31 Å². The molecule has 1 fully saturated rings. The molecule has 0 bridgehead atoms. The predicted octanol–water partition coefficient (Wildman–Crippen LogP) is 0.229. The Hall–Kier alpha value is -1.25. The number of sulfonamides is 1. The van der Waals surface area contributed by atoms with E-state index in [4.69, 9.17) is 0 Å². The van der Waals surface area contributed by atoms with Crippen LogP contribution in [0.3, 0.4) is 0 Å². The summed E-state index contributed by atoms with van der Waals surface area (Å²) in [4.78, 5) is 22.5. The van der Waals surface area contributed by atoms with Gasteiger partial charge in [0, 0.05) is 5.33 Å². The zero-order chi connectivity index (χ0) is 14.0. The van der Waals surface area contributed by atoms with E-state index >= 15 is 0 Å². The van der Waals surface area contributed by atoms with E-state index in [1.165, 1.54) is 12.1 Å². The van der Waals surface area contributed by atoms with Crippen LogP contribution in [-0.4, -0.2) is 37.6 Å². The first-order valence-corrected chi connectivity index (χ1v) is 7.97. The summed E-state index contributed by atoms with van der Waals surface area (Å²) < 4.78 is 25.4. The molecule has 0 saturated carbocycles. The zero-order valence-electron chi connectivity index (χ0n) is 9.80. The number of nitrogens with zero attached hydrogens (tertiary/aromatic N) is 1. The van der Waals surface area contributed by atoms with Gasteiger partial charge in [-0.3, -0.25) is 14.9 Å². The van der Waals surface area contributed by atoms with E-state index in [-0.39, 0.29) is 18.0 Å². The van der Waals surface area contributed by atoms with Crippen LogP contribution in [-0.2, 0) is 24.9 Å². The first-order valence-electron chi connectivity index (χ1n) is 5.41. The summed E-state index contributed by atoms with van der Waals surface area (Å²) in [5.74, 6) is -1.23. The van der Waals surface area contributed by atoms with E-state index in [2.05, 4.69) is 21.2 Å². The second-order valence-electron chi connectivity index (χ2n) is 4.02. The molecule has 0 radical (unpaired) electrons. The Labute approximate surface area is 119 Å². The molecule has 1 N–H and O–H groups in total. The average Bonchev–Trinajstić information content (AvgIpc) is 2.37. The van der Waals surface area contributed by atoms with Gasteiger partial charge >= 0.3 is 0 Å². The Bertz CT molecular complexity index is 596. The Morgan fingerprint density at radius 2 is 1.63 bits per heavy atom. The van der Waals surface area contributed by atoms with Crippen LogP contribution in [0.15, 0.2) is 29.2 Å². The number of hydrogen-bond donors (Lipinski definition) is 1. The number of carbonyl (C=O) groups is 2. The van der Waals surface area contributed by atoms with Gasteiger partial charge in [0.15, 0.2) is 0 Å². The SMILES string of the molecule is O=C1CN(S(=O)(=O)c2ccc(CBr)cc2)CC(=O)N1. The third kappa shape index (κ3) is 3.02. The highest BCUT2D eigenvalue weighted by atomic mass is 79.9. The Balaban J connectivity index is 2.30. The van der Waals surface area contributed by atoms with Gasteiger partial charge in [-0.1, -0.05) is 28.1 Å². The highest BCUT2D eigenvalue weighted by Crippen LogP contribution is 2.18. The van der Waals surface area contributed by atoms with Crippen LogP contribution in [0, 0.1) is 0 Å². The molecule has 6 nitrogen and oxygen atoms in total. The van der Waals surface area contributed by atoms with Crippen LogP contribution in [0.5, 0.6) is 0 Å². The van der Waals surface area contributed by atoms with Crippen LogP contribution in [0.25, 0.3) is 0 Å². The smallest absolute Gasteiger partial charge is 0.244 e. The van der Waals surface area contributed by atoms with Crippen LogP contribution < -0.4 is 5.32 Å². The first-order chi connectivity index (χ1) is 8.93. The van der Waals surface area contributed by atoms with E-state index in [0.29, 0.717) is 5.33 Å². The predicted molar refractivity (Wildman–Crippen MR) is 71.0 cm³/mol. The standard InChI is InChI=1S/C11H11BrN2O4S/c12-5-8-1-3-9(4-2-8)19(17,18)14-6-10(15)13-11(16)7-14/h1-4H,5-7H2,(H,13,15,16). The molecule has 1 saturated heterocycles. The van der Waals surface area contributed by atoms with Crippen molar-refractivity contribution in [2.45, 2.75) is 10.2 Å². The van der Waals surface area contributed by atoms with Crippen LogP contribution in [0.1, 0.15) is 5.56 Å². The van der Waals surface area contributed by atoms with Crippen LogP contribution in [0.2, 0.25) is 0 Å². The minimum Gasteiger partial charge on any atom is -0.294 e. The number of alkyl halides is 1. The molecule has 102 valence electrons. The Morgan fingerprint density at radius 3 is 2.11 bits per heavy atom. The van der Waals surface area contributed by atoms with Gasteiger partial charge in [0.05, 0.1) is 18.0 Å². The molecular formula is C11H11BrN2O4S. The summed E-state index contributed by atoms with van der Waals surface area (Å²) in [6.45, 7) is -0.678. The van der Waals surface area contributed by atoms with E-state index in [1.807, 2.05) is 0 Å². The molecule has 1 aliphatic rings.